The maximum atomic E-state index is 13.3. The number of nitrogens with zero attached hydrogens (tertiary/aromatic N) is 2. The van der Waals surface area contributed by atoms with Crippen LogP contribution in [0, 0.1) is 5.92 Å². The molecule has 0 spiro atoms. The second-order valence-corrected chi connectivity index (χ2v) is 7.48. The summed E-state index contributed by atoms with van der Waals surface area (Å²) in [6, 6.07) is 8.30. The molecule has 1 aromatic carbocycles. The van der Waals surface area contributed by atoms with Gasteiger partial charge in [-0.05, 0) is 67.5 Å². The predicted octanol–water partition coefficient (Wildman–Crippen LogP) is 4.44. The molecular weight excluding hydrogens is 367 g/mol. The van der Waals surface area contributed by atoms with Crippen LogP contribution in [-0.4, -0.2) is 24.0 Å². The number of alkyl halides is 3. The van der Waals surface area contributed by atoms with Crippen LogP contribution in [-0.2, 0) is 23.8 Å². The number of carbonyl (C=O) groups excluding carboxylic acids is 1. The highest BCUT2D eigenvalue weighted by atomic mass is 19.4. The number of amides is 1. The van der Waals surface area contributed by atoms with E-state index in [1.54, 1.807) is 4.90 Å². The molecule has 0 bridgehead atoms. The van der Waals surface area contributed by atoms with E-state index in [0.29, 0.717) is 19.4 Å². The lowest BCUT2D eigenvalue weighted by Gasteiger charge is -2.34. The number of benzene rings is 1. The van der Waals surface area contributed by atoms with Crippen molar-refractivity contribution in [2.24, 2.45) is 5.92 Å². The SMILES string of the molecule is O=C(Nc1ccc2c(c1)CCC2)[C@H]1CCCN(c2ncccc2C(F)(F)F)C1. The van der Waals surface area contributed by atoms with Crippen molar-refractivity contribution < 1.29 is 18.0 Å². The van der Waals surface area contributed by atoms with Gasteiger partial charge in [0, 0.05) is 25.0 Å². The summed E-state index contributed by atoms with van der Waals surface area (Å²) < 4.78 is 39.9. The van der Waals surface area contributed by atoms with Crippen molar-refractivity contribution in [3.63, 3.8) is 0 Å². The van der Waals surface area contributed by atoms with Crippen LogP contribution >= 0.6 is 0 Å². The summed E-state index contributed by atoms with van der Waals surface area (Å²) in [4.78, 5) is 18.3. The highest BCUT2D eigenvalue weighted by Gasteiger charge is 2.37. The Morgan fingerprint density at radius 1 is 1.14 bits per heavy atom. The number of piperidine rings is 1. The van der Waals surface area contributed by atoms with E-state index >= 15 is 0 Å². The van der Waals surface area contributed by atoms with Gasteiger partial charge in [0.05, 0.1) is 11.5 Å². The normalized spacial score (nSPS) is 19.4. The van der Waals surface area contributed by atoms with Gasteiger partial charge in [0.2, 0.25) is 5.91 Å². The minimum absolute atomic E-state index is 0.0926. The van der Waals surface area contributed by atoms with E-state index in [9.17, 15) is 18.0 Å². The van der Waals surface area contributed by atoms with Crippen molar-refractivity contribution in [1.82, 2.24) is 4.98 Å². The fourth-order valence-corrected chi connectivity index (χ4v) is 4.15. The van der Waals surface area contributed by atoms with Gasteiger partial charge in [0.1, 0.15) is 5.82 Å². The Hall–Kier alpha value is -2.57. The lowest BCUT2D eigenvalue weighted by atomic mass is 9.96. The second-order valence-electron chi connectivity index (χ2n) is 7.48. The zero-order valence-electron chi connectivity index (χ0n) is 15.4. The first-order valence-electron chi connectivity index (χ1n) is 9.61. The number of carbonyl (C=O) groups is 1. The molecule has 1 aliphatic heterocycles. The first-order chi connectivity index (χ1) is 13.4. The van der Waals surface area contributed by atoms with Gasteiger partial charge in [-0.2, -0.15) is 13.2 Å². The number of aromatic nitrogens is 1. The number of nitrogens with one attached hydrogen (secondary N) is 1. The first kappa shape index (κ1) is 18.8. The van der Waals surface area contributed by atoms with E-state index in [0.717, 1.165) is 31.0 Å². The van der Waals surface area contributed by atoms with Crippen LogP contribution in [0.25, 0.3) is 0 Å². The molecule has 2 aliphatic rings. The zero-order chi connectivity index (χ0) is 19.7. The minimum Gasteiger partial charge on any atom is -0.355 e. The summed E-state index contributed by atoms with van der Waals surface area (Å²) in [6.45, 7) is 0.694. The minimum atomic E-state index is -4.47. The van der Waals surface area contributed by atoms with Gasteiger partial charge in [-0.1, -0.05) is 6.07 Å². The van der Waals surface area contributed by atoms with Crippen LogP contribution in [0.5, 0.6) is 0 Å². The summed E-state index contributed by atoms with van der Waals surface area (Å²) in [5.74, 6) is -0.609. The summed E-state index contributed by atoms with van der Waals surface area (Å²) >= 11 is 0. The van der Waals surface area contributed by atoms with Crippen LogP contribution in [0.1, 0.15) is 36.0 Å². The molecule has 1 N–H and O–H groups in total. The van der Waals surface area contributed by atoms with Gasteiger partial charge in [0.15, 0.2) is 0 Å². The van der Waals surface area contributed by atoms with Gasteiger partial charge in [-0.3, -0.25) is 4.79 Å². The highest BCUT2D eigenvalue weighted by molar-refractivity contribution is 5.93. The molecule has 1 saturated heterocycles. The van der Waals surface area contributed by atoms with E-state index in [1.807, 2.05) is 12.1 Å². The molecule has 1 aliphatic carbocycles. The Morgan fingerprint density at radius 2 is 1.96 bits per heavy atom. The zero-order valence-corrected chi connectivity index (χ0v) is 15.4. The maximum Gasteiger partial charge on any atom is 0.419 e. The Kier molecular flexibility index (Phi) is 5.00. The van der Waals surface area contributed by atoms with Crippen LogP contribution in [0.15, 0.2) is 36.5 Å². The number of fused-ring (bicyclic) bond motifs is 1. The van der Waals surface area contributed by atoms with Crippen LogP contribution < -0.4 is 10.2 Å². The first-order valence-corrected chi connectivity index (χ1v) is 9.61. The smallest absolute Gasteiger partial charge is 0.355 e. The fraction of sp³-hybridized carbons (Fsp3) is 0.429. The molecule has 4 rings (SSSR count). The van der Waals surface area contributed by atoms with Crippen molar-refractivity contribution in [2.75, 3.05) is 23.3 Å². The predicted molar refractivity (Wildman–Crippen MR) is 101 cm³/mol. The molecular formula is C21H22F3N3O. The van der Waals surface area contributed by atoms with E-state index < -0.39 is 11.7 Å². The number of halogens is 3. The maximum absolute atomic E-state index is 13.3. The van der Waals surface area contributed by atoms with Crippen molar-refractivity contribution in [1.29, 1.82) is 0 Å². The van der Waals surface area contributed by atoms with E-state index in [1.165, 1.54) is 23.4 Å². The summed E-state index contributed by atoms with van der Waals surface area (Å²) in [7, 11) is 0. The molecule has 7 heteroatoms. The number of rotatable bonds is 3. The van der Waals surface area contributed by atoms with Gasteiger partial charge in [-0.25, -0.2) is 4.98 Å². The summed E-state index contributed by atoms with van der Waals surface area (Å²) in [5, 5.41) is 2.95. The third-order valence-corrected chi connectivity index (χ3v) is 5.55. The van der Waals surface area contributed by atoms with Gasteiger partial charge in [-0.15, -0.1) is 0 Å². The molecule has 1 aromatic heterocycles. The number of aryl methyl sites for hydroxylation is 2. The second kappa shape index (κ2) is 7.45. The third kappa shape index (κ3) is 3.84. The van der Waals surface area contributed by atoms with E-state index in [2.05, 4.69) is 16.4 Å². The average molecular weight is 389 g/mol. The van der Waals surface area contributed by atoms with Crippen molar-refractivity contribution in [3.05, 3.63) is 53.2 Å². The lowest BCUT2D eigenvalue weighted by Crippen LogP contribution is -2.42. The Labute approximate surface area is 161 Å². The summed E-state index contributed by atoms with van der Waals surface area (Å²) in [6.07, 6.45) is 1.43. The number of anilines is 2. The molecule has 1 atom stereocenters. The average Bonchev–Trinajstić information content (AvgIpc) is 3.15. The largest absolute Gasteiger partial charge is 0.419 e. The molecule has 1 amide bonds. The van der Waals surface area contributed by atoms with Crippen molar-refractivity contribution in [3.8, 4) is 0 Å². The molecule has 2 heterocycles. The van der Waals surface area contributed by atoms with Crippen molar-refractivity contribution in [2.45, 2.75) is 38.3 Å². The van der Waals surface area contributed by atoms with E-state index in [4.69, 9.17) is 0 Å². The van der Waals surface area contributed by atoms with Crippen LogP contribution in [0.2, 0.25) is 0 Å². The van der Waals surface area contributed by atoms with Crippen molar-refractivity contribution >= 4 is 17.4 Å². The standard InChI is InChI=1S/C21H22F3N3O/c22-21(23,24)18-7-2-10-25-19(18)27-11-3-6-16(13-27)20(28)26-17-9-8-14-4-1-5-15(14)12-17/h2,7-10,12,16H,1,3-6,11,13H2,(H,26,28)/t16-/m0/s1. The number of hydrogen-bond donors (Lipinski definition) is 1. The highest BCUT2D eigenvalue weighted by Crippen LogP contribution is 2.36. The molecule has 4 nitrogen and oxygen atoms in total. The molecule has 28 heavy (non-hydrogen) atoms. The third-order valence-electron chi connectivity index (χ3n) is 5.55. The van der Waals surface area contributed by atoms with Gasteiger partial charge < -0.3 is 10.2 Å². The van der Waals surface area contributed by atoms with Crippen LogP contribution in [0.4, 0.5) is 24.7 Å². The molecule has 1 fully saturated rings. The number of pyridine rings is 1. The quantitative estimate of drug-likeness (QED) is 0.844. The fourth-order valence-electron chi connectivity index (χ4n) is 4.15. The monoisotopic (exact) mass is 389 g/mol. The number of hydrogen-bond acceptors (Lipinski definition) is 3. The topological polar surface area (TPSA) is 45.2 Å². The molecule has 2 aromatic rings. The van der Waals surface area contributed by atoms with Gasteiger partial charge >= 0.3 is 6.18 Å². The molecule has 148 valence electrons. The molecule has 0 saturated carbocycles. The Bertz CT molecular complexity index is 881. The lowest BCUT2D eigenvalue weighted by molar-refractivity contribution is -0.137. The Balaban J connectivity index is 1.48. The summed E-state index contributed by atoms with van der Waals surface area (Å²) in [5.41, 5.74) is 2.61. The molecule has 0 radical (unpaired) electrons. The van der Waals surface area contributed by atoms with E-state index in [-0.39, 0.29) is 24.2 Å². The Morgan fingerprint density at radius 3 is 2.79 bits per heavy atom. The van der Waals surface area contributed by atoms with Crippen LogP contribution in [0.3, 0.4) is 0 Å². The van der Waals surface area contributed by atoms with Gasteiger partial charge in [0.25, 0.3) is 0 Å². The molecule has 0 unspecified atom stereocenters.